The summed E-state index contributed by atoms with van der Waals surface area (Å²) >= 11 is 0. The van der Waals surface area contributed by atoms with Crippen molar-refractivity contribution in [2.75, 3.05) is 0 Å². The lowest BCUT2D eigenvalue weighted by atomic mass is 9.79. The van der Waals surface area contributed by atoms with Crippen molar-refractivity contribution in [3.05, 3.63) is 82.4 Å². The highest BCUT2D eigenvalue weighted by atomic mass is 19.1. The number of fused-ring (bicyclic) bond motifs is 2. The first kappa shape index (κ1) is 15.3. The van der Waals surface area contributed by atoms with E-state index >= 15 is 4.39 Å². The van der Waals surface area contributed by atoms with E-state index in [0.29, 0.717) is 5.39 Å². The molecule has 0 amide bonds. The fourth-order valence-electron chi connectivity index (χ4n) is 3.88. The van der Waals surface area contributed by atoms with Gasteiger partial charge < -0.3 is 0 Å². The van der Waals surface area contributed by atoms with Crippen LogP contribution in [-0.2, 0) is 19.3 Å². The molecule has 3 aromatic rings. The summed E-state index contributed by atoms with van der Waals surface area (Å²) in [4.78, 5) is 0. The van der Waals surface area contributed by atoms with Crippen LogP contribution in [0.2, 0.25) is 0 Å². The highest BCUT2D eigenvalue weighted by Gasteiger charge is 2.23. The van der Waals surface area contributed by atoms with Crippen molar-refractivity contribution in [3.63, 3.8) is 0 Å². The molecular formula is C22H20F2. The summed E-state index contributed by atoms with van der Waals surface area (Å²) in [7, 11) is 0. The van der Waals surface area contributed by atoms with Gasteiger partial charge in [0.25, 0.3) is 0 Å². The van der Waals surface area contributed by atoms with Gasteiger partial charge in [-0.3, -0.25) is 0 Å². The van der Waals surface area contributed by atoms with Crippen LogP contribution in [0.15, 0.2) is 48.5 Å². The van der Waals surface area contributed by atoms with Crippen LogP contribution < -0.4 is 0 Å². The zero-order chi connectivity index (χ0) is 16.7. The van der Waals surface area contributed by atoms with Gasteiger partial charge in [-0.25, -0.2) is 8.78 Å². The molecule has 1 unspecified atom stereocenters. The molecule has 2 heteroatoms. The SMILES string of the molecule is CCc1ccc2c(F)c(C3CCc4cc(F)ccc4C3)ccc2c1. The third kappa shape index (κ3) is 2.60. The van der Waals surface area contributed by atoms with Gasteiger partial charge in [-0.15, -0.1) is 0 Å². The Balaban J connectivity index is 1.72. The Morgan fingerprint density at radius 1 is 0.958 bits per heavy atom. The average molecular weight is 322 g/mol. The van der Waals surface area contributed by atoms with Crippen LogP contribution in [0, 0.1) is 11.6 Å². The van der Waals surface area contributed by atoms with Crippen LogP contribution in [0.4, 0.5) is 8.78 Å². The van der Waals surface area contributed by atoms with Crippen LogP contribution >= 0.6 is 0 Å². The Labute approximate surface area is 141 Å². The lowest BCUT2D eigenvalue weighted by Crippen LogP contribution is -2.14. The minimum Gasteiger partial charge on any atom is -0.207 e. The van der Waals surface area contributed by atoms with Gasteiger partial charge in [-0.2, -0.15) is 0 Å². The predicted octanol–water partition coefficient (Wildman–Crippen LogP) is 5.95. The standard InChI is InChI=1S/C22H20F2/c1-2-14-3-9-20-17(11-14)7-10-21(22(20)24)18-5-4-16-13-19(23)8-6-15(16)12-18/h3,6-11,13,18H,2,4-5,12H2,1H3. The van der Waals surface area contributed by atoms with Crippen molar-refractivity contribution in [1.29, 1.82) is 0 Å². The summed E-state index contributed by atoms with van der Waals surface area (Å²) in [5.74, 6) is -0.111. The van der Waals surface area contributed by atoms with Gasteiger partial charge in [0, 0.05) is 5.39 Å². The molecule has 0 nitrogen and oxygen atoms in total. The smallest absolute Gasteiger partial charge is 0.134 e. The van der Waals surface area contributed by atoms with E-state index in [1.807, 2.05) is 30.3 Å². The van der Waals surface area contributed by atoms with E-state index in [0.717, 1.165) is 47.8 Å². The predicted molar refractivity (Wildman–Crippen MR) is 94.5 cm³/mol. The fraction of sp³-hybridized carbons (Fsp3) is 0.273. The first-order valence-corrected chi connectivity index (χ1v) is 8.64. The Bertz CT molecular complexity index is 911. The average Bonchev–Trinajstić information content (AvgIpc) is 2.61. The molecule has 0 fully saturated rings. The third-order valence-corrected chi connectivity index (χ3v) is 5.29. The molecule has 0 aliphatic heterocycles. The maximum atomic E-state index is 15.1. The van der Waals surface area contributed by atoms with Gasteiger partial charge in [0.15, 0.2) is 0 Å². The van der Waals surface area contributed by atoms with Gasteiger partial charge >= 0.3 is 0 Å². The Hall–Kier alpha value is -2.22. The van der Waals surface area contributed by atoms with E-state index in [1.54, 1.807) is 6.07 Å². The highest BCUT2D eigenvalue weighted by Crippen LogP contribution is 2.36. The lowest BCUT2D eigenvalue weighted by molar-refractivity contribution is 0.535. The van der Waals surface area contributed by atoms with Gasteiger partial charge in [0.2, 0.25) is 0 Å². The molecule has 3 aromatic carbocycles. The summed E-state index contributed by atoms with van der Waals surface area (Å²) in [6, 6.07) is 14.9. The van der Waals surface area contributed by atoms with E-state index < -0.39 is 0 Å². The van der Waals surface area contributed by atoms with E-state index in [1.165, 1.54) is 11.6 Å². The molecule has 122 valence electrons. The van der Waals surface area contributed by atoms with Gasteiger partial charge in [0.05, 0.1) is 0 Å². The lowest BCUT2D eigenvalue weighted by Gasteiger charge is -2.25. The molecular weight excluding hydrogens is 302 g/mol. The van der Waals surface area contributed by atoms with Crippen molar-refractivity contribution in [2.24, 2.45) is 0 Å². The Kier molecular flexibility index (Phi) is 3.84. The zero-order valence-corrected chi connectivity index (χ0v) is 13.8. The molecule has 1 aliphatic rings. The molecule has 0 saturated carbocycles. The van der Waals surface area contributed by atoms with Crippen LogP contribution in [-0.4, -0.2) is 0 Å². The molecule has 0 radical (unpaired) electrons. The molecule has 0 aromatic heterocycles. The van der Waals surface area contributed by atoms with Crippen molar-refractivity contribution in [1.82, 2.24) is 0 Å². The summed E-state index contributed by atoms with van der Waals surface area (Å²) < 4.78 is 28.4. The van der Waals surface area contributed by atoms with E-state index in [-0.39, 0.29) is 17.6 Å². The first-order valence-electron chi connectivity index (χ1n) is 8.64. The number of rotatable bonds is 2. The van der Waals surface area contributed by atoms with Crippen LogP contribution in [0.5, 0.6) is 0 Å². The molecule has 0 saturated heterocycles. The van der Waals surface area contributed by atoms with Crippen LogP contribution in [0.25, 0.3) is 10.8 Å². The second-order valence-corrected chi connectivity index (χ2v) is 6.73. The summed E-state index contributed by atoms with van der Waals surface area (Å²) in [5.41, 5.74) is 4.23. The first-order chi connectivity index (χ1) is 11.7. The van der Waals surface area contributed by atoms with Crippen molar-refractivity contribution in [2.45, 2.75) is 38.5 Å². The molecule has 1 aliphatic carbocycles. The summed E-state index contributed by atoms with van der Waals surface area (Å²) in [5, 5.41) is 1.67. The van der Waals surface area contributed by atoms with Crippen LogP contribution in [0.1, 0.15) is 41.5 Å². The summed E-state index contributed by atoms with van der Waals surface area (Å²) in [6.07, 6.45) is 3.41. The quantitative estimate of drug-likeness (QED) is 0.546. The maximum absolute atomic E-state index is 15.1. The molecule has 0 N–H and O–H groups in total. The number of hydrogen-bond acceptors (Lipinski definition) is 0. The Morgan fingerprint density at radius 3 is 2.67 bits per heavy atom. The third-order valence-electron chi connectivity index (χ3n) is 5.29. The normalized spacial score (nSPS) is 17.0. The molecule has 0 bridgehead atoms. The van der Waals surface area contributed by atoms with E-state index in [9.17, 15) is 4.39 Å². The van der Waals surface area contributed by atoms with E-state index in [4.69, 9.17) is 0 Å². The van der Waals surface area contributed by atoms with Crippen LogP contribution in [0.3, 0.4) is 0 Å². The van der Waals surface area contributed by atoms with Crippen molar-refractivity contribution < 1.29 is 8.78 Å². The fourth-order valence-corrected chi connectivity index (χ4v) is 3.88. The molecule has 0 spiro atoms. The topological polar surface area (TPSA) is 0 Å². The monoisotopic (exact) mass is 322 g/mol. The van der Waals surface area contributed by atoms with Gasteiger partial charge in [0.1, 0.15) is 11.6 Å². The largest absolute Gasteiger partial charge is 0.207 e. The summed E-state index contributed by atoms with van der Waals surface area (Å²) in [6.45, 7) is 2.11. The molecule has 24 heavy (non-hydrogen) atoms. The minimum atomic E-state index is -0.184. The van der Waals surface area contributed by atoms with Gasteiger partial charge in [-0.1, -0.05) is 43.3 Å². The van der Waals surface area contributed by atoms with E-state index in [2.05, 4.69) is 13.0 Å². The second kappa shape index (κ2) is 6.01. The molecule has 0 heterocycles. The number of hydrogen-bond donors (Lipinski definition) is 0. The Morgan fingerprint density at radius 2 is 1.83 bits per heavy atom. The maximum Gasteiger partial charge on any atom is 0.134 e. The van der Waals surface area contributed by atoms with Crippen molar-refractivity contribution >= 4 is 10.8 Å². The van der Waals surface area contributed by atoms with Crippen molar-refractivity contribution in [3.8, 4) is 0 Å². The molecule has 4 rings (SSSR count). The number of benzene rings is 3. The zero-order valence-electron chi connectivity index (χ0n) is 13.8. The van der Waals surface area contributed by atoms with Gasteiger partial charge in [-0.05, 0) is 71.4 Å². The minimum absolute atomic E-state index is 0.0919. The number of aryl methyl sites for hydroxylation is 2. The second-order valence-electron chi connectivity index (χ2n) is 6.73. The highest BCUT2D eigenvalue weighted by molar-refractivity contribution is 5.84. The molecule has 1 atom stereocenters. The number of halogens is 2.